The van der Waals surface area contributed by atoms with E-state index in [1.165, 1.54) is 13.3 Å². The summed E-state index contributed by atoms with van der Waals surface area (Å²) in [5.74, 6) is -1.52. The largest absolute Gasteiger partial charge is 0.486 e. The van der Waals surface area contributed by atoms with E-state index in [4.69, 9.17) is 9.47 Å². The molecular formula is C32H33F2NO4. The number of pyridine rings is 1. The van der Waals surface area contributed by atoms with Crippen LogP contribution in [-0.2, 0) is 23.2 Å². The first-order chi connectivity index (χ1) is 18.6. The number of aliphatic carboxylic acids is 1. The molecule has 6 rings (SSSR count). The van der Waals surface area contributed by atoms with E-state index in [1.54, 1.807) is 12.1 Å². The lowest BCUT2D eigenvalue weighted by atomic mass is 9.75. The molecule has 3 aliphatic carbocycles. The van der Waals surface area contributed by atoms with E-state index in [0.717, 1.165) is 41.5 Å². The number of aryl methyl sites for hydroxylation is 1. The van der Waals surface area contributed by atoms with Crippen LogP contribution in [0.3, 0.4) is 0 Å². The summed E-state index contributed by atoms with van der Waals surface area (Å²) < 4.78 is 42.0. The molecule has 0 amide bonds. The second-order valence-electron chi connectivity index (χ2n) is 12.0. The molecule has 7 heteroatoms. The standard InChI is InChI=1S/C32H33F2NO4/c1-31(2)11-4-5-23(31)21-13-18(6-8-20(21)22-14-27(38-3)35-16-25(22)33)17-39-26-9-7-19-10-12-32(28(19)29(26)34)15-24(32)30(36)37/h6-9,13-14,16,23-24H,4-5,10-12,15,17H2,1-3H3,(H,36,37). The summed E-state index contributed by atoms with van der Waals surface area (Å²) in [4.78, 5) is 15.6. The molecule has 1 spiro atoms. The Balaban J connectivity index is 1.33. The van der Waals surface area contributed by atoms with Crippen LogP contribution in [0, 0.1) is 23.0 Å². The molecule has 2 saturated carbocycles. The molecule has 0 radical (unpaired) electrons. The number of carboxylic acids is 1. The van der Waals surface area contributed by atoms with Crippen LogP contribution in [0.1, 0.15) is 74.1 Å². The quantitative estimate of drug-likeness (QED) is 0.348. The average molecular weight is 534 g/mol. The van der Waals surface area contributed by atoms with Gasteiger partial charge in [-0.3, -0.25) is 4.79 Å². The molecule has 3 aliphatic rings. The number of ether oxygens (including phenoxy) is 2. The van der Waals surface area contributed by atoms with Crippen molar-refractivity contribution in [1.29, 1.82) is 0 Å². The zero-order chi connectivity index (χ0) is 27.5. The third-order valence-corrected chi connectivity index (χ3v) is 9.38. The second-order valence-corrected chi connectivity index (χ2v) is 12.0. The minimum Gasteiger partial charge on any atom is -0.486 e. The number of nitrogens with zero attached hydrogens (tertiary/aromatic N) is 1. The Morgan fingerprint density at radius 3 is 2.64 bits per heavy atom. The molecule has 0 aliphatic heterocycles. The lowest BCUT2D eigenvalue weighted by Crippen LogP contribution is -2.17. The van der Waals surface area contributed by atoms with E-state index in [2.05, 4.69) is 24.9 Å². The van der Waals surface area contributed by atoms with Gasteiger partial charge in [0.25, 0.3) is 0 Å². The predicted octanol–water partition coefficient (Wildman–Crippen LogP) is 7.20. The van der Waals surface area contributed by atoms with Crippen LogP contribution in [0.25, 0.3) is 11.1 Å². The third-order valence-electron chi connectivity index (χ3n) is 9.38. The summed E-state index contributed by atoms with van der Waals surface area (Å²) in [7, 11) is 1.51. The molecule has 5 nitrogen and oxygen atoms in total. The van der Waals surface area contributed by atoms with Gasteiger partial charge in [0, 0.05) is 22.6 Å². The number of hydrogen-bond donors (Lipinski definition) is 1. The van der Waals surface area contributed by atoms with E-state index >= 15 is 4.39 Å². The van der Waals surface area contributed by atoms with Crippen molar-refractivity contribution in [3.05, 3.63) is 76.5 Å². The van der Waals surface area contributed by atoms with Gasteiger partial charge in [-0.1, -0.05) is 44.5 Å². The van der Waals surface area contributed by atoms with Gasteiger partial charge in [0.05, 0.1) is 19.2 Å². The fourth-order valence-electron chi connectivity index (χ4n) is 7.16. The van der Waals surface area contributed by atoms with Gasteiger partial charge in [-0.25, -0.2) is 13.8 Å². The van der Waals surface area contributed by atoms with Gasteiger partial charge in [-0.2, -0.15) is 0 Å². The van der Waals surface area contributed by atoms with E-state index < -0.39 is 28.9 Å². The van der Waals surface area contributed by atoms with Crippen LogP contribution in [0.4, 0.5) is 8.78 Å². The predicted molar refractivity (Wildman–Crippen MR) is 143 cm³/mol. The molecular weight excluding hydrogens is 500 g/mol. The maximum absolute atomic E-state index is 15.7. The Kier molecular flexibility index (Phi) is 6.16. The molecule has 2 fully saturated rings. The smallest absolute Gasteiger partial charge is 0.307 e. The Morgan fingerprint density at radius 1 is 1.13 bits per heavy atom. The summed E-state index contributed by atoms with van der Waals surface area (Å²) in [5.41, 5.74) is 4.02. The molecule has 204 valence electrons. The van der Waals surface area contributed by atoms with Crippen LogP contribution in [-0.4, -0.2) is 23.2 Å². The molecule has 1 heterocycles. The second kappa shape index (κ2) is 9.32. The van der Waals surface area contributed by atoms with Crippen molar-refractivity contribution in [2.75, 3.05) is 7.11 Å². The lowest BCUT2D eigenvalue weighted by molar-refractivity contribution is -0.139. The number of halogens is 2. The van der Waals surface area contributed by atoms with E-state index in [9.17, 15) is 14.3 Å². The highest BCUT2D eigenvalue weighted by Gasteiger charge is 2.63. The number of methoxy groups -OCH3 is 1. The van der Waals surface area contributed by atoms with Crippen molar-refractivity contribution in [1.82, 2.24) is 4.98 Å². The number of carboxylic acid groups (broad SMARTS) is 1. The molecule has 3 atom stereocenters. The monoisotopic (exact) mass is 533 g/mol. The number of carbonyl (C=O) groups is 1. The Labute approximate surface area is 227 Å². The fourth-order valence-corrected chi connectivity index (χ4v) is 7.16. The molecule has 39 heavy (non-hydrogen) atoms. The van der Waals surface area contributed by atoms with Gasteiger partial charge in [0.1, 0.15) is 12.4 Å². The van der Waals surface area contributed by atoms with E-state index in [-0.39, 0.29) is 23.7 Å². The Hall–Kier alpha value is -3.48. The van der Waals surface area contributed by atoms with E-state index in [0.29, 0.717) is 36.3 Å². The fraction of sp³-hybridized carbons (Fsp3) is 0.438. The van der Waals surface area contributed by atoms with Gasteiger partial charge < -0.3 is 14.6 Å². The summed E-state index contributed by atoms with van der Waals surface area (Å²) in [6.07, 6.45) is 6.20. The van der Waals surface area contributed by atoms with E-state index in [1.807, 2.05) is 18.2 Å². The lowest BCUT2D eigenvalue weighted by Gasteiger charge is -2.30. The maximum atomic E-state index is 15.7. The minimum atomic E-state index is -0.862. The Morgan fingerprint density at radius 2 is 1.95 bits per heavy atom. The zero-order valence-electron chi connectivity index (χ0n) is 22.5. The van der Waals surface area contributed by atoms with Gasteiger partial charge in [-0.15, -0.1) is 0 Å². The summed E-state index contributed by atoms with van der Waals surface area (Å²) in [6.45, 7) is 4.64. The average Bonchev–Trinajstić information content (AvgIpc) is 3.36. The van der Waals surface area contributed by atoms with Crippen molar-refractivity contribution in [3.63, 3.8) is 0 Å². The van der Waals surface area contributed by atoms with Crippen LogP contribution >= 0.6 is 0 Å². The number of benzene rings is 2. The summed E-state index contributed by atoms with van der Waals surface area (Å²) >= 11 is 0. The molecule has 3 unspecified atom stereocenters. The topological polar surface area (TPSA) is 68.7 Å². The first kappa shape index (κ1) is 25.8. The van der Waals surface area contributed by atoms with Gasteiger partial charge in [0.2, 0.25) is 5.88 Å². The third kappa shape index (κ3) is 4.26. The molecule has 0 bridgehead atoms. The minimum absolute atomic E-state index is 0.0488. The molecule has 1 aromatic heterocycles. The molecule has 3 aromatic rings. The van der Waals surface area contributed by atoms with Crippen molar-refractivity contribution >= 4 is 5.97 Å². The van der Waals surface area contributed by atoms with Crippen molar-refractivity contribution < 1.29 is 28.2 Å². The van der Waals surface area contributed by atoms with Gasteiger partial charge >= 0.3 is 5.97 Å². The van der Waals surface area contributed by atoms with Crippen LogP contribution in [0.15, 0.2) is 42.6 Å². The SMILES string of the molecule is COc1cc(-c2ccc(COc3ccc4c(c3F)C3(CC4)CC3C(=O)O)cc2C2CCCC2(C)C)c(F)cn1. The van der Waals surface area contributed by atoms with Crippen LogP contribution < -0.4 is 9.47 Å². The van der Waals surface area contributed by atoms with Crippen molar-refractivity contribution in [3.8, 4) is 22.8 Å². The van der Waals surface area contributed by atoms with Crippen LogP contribution in [0.2, 0.25) is 0 Å². The normalized spacial score (nSPS) is 24.5. The number of rotatable bonds is 7. The van der Waals surface area contributed by atoms with Crippen LogP contribution in [0.5, 0.6) is 11.6 Å². The summed E-state index contributed by atoms with van der Waals surface area (Å²) in [6, 6.07) is 11.0. The molecule has 0 saturated heterocycles. The van der Waals surface area contributed by atoms with Gasteiger partial charge in [-0.05, 0) is 71.8 Å². The number of aromatic nitrogens is 1. The first-order valence-corrected chi connectivity index (χ1v) is 13.6. The van der Waals surface area contributed by atoms with Gasteiger partial charge in [0.15, 0.2) is 11.6 Å². The number of fused-ring (bicyclic) bond motifs is 2. The zero-order valence-corrected chi connectivity index (χ0v) is 22.5. The summed E-state index contributed by atoms with van der Waals surface area (Å²) in [5, 5.41) is 9.53. The highest BCUT2D eigenvalue weighted by molar-refractivity contribution is 5.78. The molecule has 1 N–H and O–H groups in total. The Bertz CT molecular complexity index is 1470. The number of hydrogen-bond acceptors (Lipinski definition) is 4. The highest BCUT2D eigenvalue weighted by atomic mass is 19.1. The molecule has 2 aromatic carbocycles. The van der Waals surface area contributed by atoms with Crippen molar-refractivity contribution in [2.24, 2.45) is 11.3 Å². The van der Waals surface area contributed by atoms with Crippen molar-refractivity contribution in [2.45, 2.75) is 70.3 Å². The first-order valence-electron chi connectivity index (χ1n) is 13.6. The maximum Gasteiger partial charge on any atom is 0.307 e. The highest BCUT2D eigenvalue weighted by Crippen LogP contribution is 2.62.